The summed E-state index contributed by atoms with van der Waals surface area (Å²) in [7, 11) is -3.15. The van der Waals surface area contributed by atoms with Crippen LogP contribution in [-0.4, -0.2) is 43.8 Å². The lowest BCUT2D eigenvalue weighted by Crippen LogP contribution is -2.30. The molecule has 8 heteroatoms. The third-order valence-electron chi connectivity index (χ3n) is 2.42. The predicted molar refractivity (Wildman–Crippen MR) is 81.5 cm³/mol. The largest absolute Gasteiger partial charge is 0.370 e. The topological polar surface area (TPSA) is 96.0 Å². The Bertz CT molecular complexity index is 519. The Balaban J connectivity index is 2.46. The van der Waals surface area contributed by atoms with Gasteiger partial charge in [0.25, 0.3) is 0 Å². The third kappa shape index (κ3) is 6.16. The molecule has 0 bridgehead atoms. The third-order valence-corrected chi connectivity index (χ3v) is 4.01. The summed E-state index contributed by atoms with van der Waals surface area (Å²) in [6.45, 7) is 7.24. The number of nitrogens with zero attached hydrogens (tertiary/aromatic N) is 2. The molecule has 20 heavy (non-hydrogen) atoms. The highest BCUT2D eigenvalue weighted by molar-refractivity contribution is 7.89. The minimum atomic E-state index is -3.15. The number of hydrogen-bond acceptors (Lipinski definition) is 6. The van der Waals surface area contributed by atoms with Gasteiger partial charge in [-0.1, -0.05) is 6.92 Å². The van der Waals surface area contributed by atoms with Crippen LogP contribution in [0.25, 0.3) is 0 Å². The van der Waals surface area contributed by atoms with Gasteiger partial charge < -0.3 is 10.6 Å². The molecule has 0 aromatic carbocycles. The lowest BCUT2D eigenvalue weighted by atomic mass is 10.4. The first-order valence-corrected chi connectivity index (χ1v) is 8.43. The Kier molecular flexibility index (Phi) is 6.66. The van der Waals surface area contributed by atoms with E-state index in [0.29, 0.717) is 31.2 Å². The van der Waals surface area contributed by atoms with Gasteiger partial charge in [-0.15, -0.1) is 0 Å². The van der Waals surface area contributed by atoms with Gasteiger partial charge in [-0.25, -0.2) is 23.1 Å². The van der Waals surface area contributed by atoms with E-state index in [4.69, 9.17) is 0 Å². The summed E-state index contributed by atoms with van der Waals surface area (Å²) in [4.78, 5) is 8.49. The highest BCUT2D eigenvalue weighted by Crippen LogP contribution is 2.10. The van der Waals surface area contributed by atoms with Crippen LogP contribution in [0.4, 0.5) is 11.6 Å². The van der Waals surface area contributed by atoms with Gasteiger partial charge >= 0.3 is 0 Å². The van der Waals surface area contributed by atoms with Gasteiger partial charge in [0.15, 0.2) is 0 Å². The standard InChI is InChI=1S/C12H23N5O2S/c1-4-8-20(18,19)15-7-6-14-12-9-11(13-5-2)16-10(3)17-12/h9,15H,4-8H2,1-3H3,(H2,13,14,16,17). The van der Waals surface area contributed by atoms with Crippen molar-refractivity contribution in [3.05, 3.63) is 11.9 Å². The SMILES string of the molecule is CCCS(=O)(=O)NCCNc1cc(NCC)nc(C)n1. The Morgan fingerprint density at radius 2 is 1.75 bits per heavy atom. The van der Waals surface area contributed by atoms with Crippen molar-refractivity contribution < 1.29 is 8.42 Å². The normalized spacial score (nSPS) is 11.3. The van der Waals surface area contributed by atoms with Gasteiger partial charge in [-0.3, -0.25) is 0 Å². The van der Waals surface area contributed by atoms with Crippen molar-refractivity contribution in [1.82, 2.24) is 14.7 Å². The lowest BCUT2D eigenvalue weighted by molar-refractivity contribution is 0.581. The fourth-order valence-corrected chi connectivity index (χ4v) is 2.76. The second-order valence-corrected chi connectivity index (χ2v) is 6.28. The van der Waals surface area contributed by atoms with E-state index in [2.05, 4.69) is 25.3 Å². The summed E-state index contributed by atoms with van der Waals surface area (Å²) in [5, 5.41) is 6.20. The fraction of sp³-hybridized carbons (Fsp3) is 0.667. The molecule has 0 fully saturated rings. The summed E-state index contributed by atoms with van der Waals surface area (Å²) < 4.78 is 25.5. The summed E-state index contributed by atoms with van der Waals surface area (Å²) in [5.74, 6) is 2.26. The molecule has 1 rings (SSSR count). The van der Waals surface area contributed by atoms with Crippen molar-refractivity contribution in [2.75, 3.05) is 36.0 Å². The molecule has 0 unspecified atom stereocenters. The Morgan fingerprint density at radius 3 is 2.35 bits per heavy atom. The number of nitrogens with one attached hydrogen (secondary N) is 3. The molecule has 3 N–H and O–H groups in total. The van der Waals surface area contributed by atoms with E-state index in [-0.39, 0.29) is 5.75 Å². The van der Waals surface area contributed by atoms with Gasteiger partial charge in [-0.2, -0.15) is 0 Å². The number of hydrogen-bond donors (Lipinski definition) is 3. The molecule has 0 radical (unpaired) electrons. The highest BCUT2D eigenvalue weighted by Gasteiger charge is 2.07. The summed E-state index contributed by atoms with van der Waals surface area (Å²) in [6.07, 6.45) is 0.611. The zero-order valence-electron chi connectivity index (χ0n) is 12.2. The molecule has 0 saturated heterocycles. The van der Waals surface area contributed by atoms with Crippen LogP contribution in [0.2, 0.25) is 0 Å². The maximum absolute atomic E-state index is 11.5. The highest BCUT2D eigenvalue weighted by atomic mass is 32.2. The first-order chi connectivity index (χ1) is 9.46. The molecular formula is C12H23N5O2S. The van der Waals surface area contributed by atoms with Gasteiger partial charge in [-0.05, 0) is 20.3 Å². The van der Waals surface area contributed by atoms with E-state index >= 15 is 0 Å². The molecule has 1 aromatic heterocycles. The van der Waals surface area contributed by atoms with Gasteiger partial charge in [0, 0.05) is 25.7 Å². The van der Waals surface area contributed by atoms with E-state index in [0.717, 1.165) is 12.4 Å². The maximum atomic E-state index is 11.5. The van der Waals surface area contributed by atoms with Crippen molar-refractivity contribution >= 4 is 21.7 Å². The Labute approximate surface area is 120 Å². The van der Waals surface area contributed by atoms with Crippen molar-refractivity contribution in [3.63, 3.8) is 0 Å². The molecule has 0 aliphatic rings. The molecule has 0 saturated carbocycles. The summed E-state index contributed by atoms with van der Waals surface area (Å²) in [6, 6.07) is 1.80. The van der Waals surface area contributed by atoms with E-state index in [1.807, 2.05) is 20.8 Å². The van der Waals surface area contributed by atoms with Crippen LogP contribution in [0.3, 0.4) is 0 Å². The summed E-state index contributed by atoms with van der Waals surface area (Å²) in [5.41, 5.74) is 0. The second kappa shape index (κ2) is 8.01. The van der Waals surface area contributed by atoms with Crippen molar-refractivity contribution in [1.29, 1.82) is 0 Å². The van der Waals surface area contributed by atoms with E-state index in [1.54, 1.807) is 6.07 Å². The number of aryl methyl sites for hydroxylation is 1. The number of aromatic nitrogens is 2. The van der Waals surface area contributed by atoms with E-state index < -0.39 is 10.0 Å². The predicted octanol–water partition coefficient (Wildman–Crippen LogP) is 0.958. The zero-order valence-corrected chi connectivity index (χ0v) is 13.0. The molecule has 114 valence electrons. The average molecular weight is 301 g/mol. The minimum Gasteiger partial charge on any atom is -0.370 e. The molecule has 0 atom stereocenters. The van der Waals surface area contributed by atoms with Crippen LogP contribution >= 0.6 is 0 Å². The molecule has 1 aromatic rings. The van der Waals surface area contributed by atoms with Crippen LogP contribution in [0, 0.1) is 6.92 Å². The van der Waals surface area contributed by atoms with E-state index in [1.165, 1.54) is 0 Å². The monoisotopic (exact) mass is 301 g/mol. The van der Waals surface area contributed by atoms with Gasteiger partial charge in [0.2, 0.25) is 10.0 Å². The molecule has 0 aliphatic heterocycles. The molecule has 7 nitrogen and oxygen atoms in total. The molecular weight excluding hydrogens is 278 g/mol. The van der Waals surface area contributed by atoms with Gasteiger partial charge in [0.1, 0.15) is 17.5 Å². The molecule has 0 aliphatic carbocycles. The first-order valence-electron chi connectivity index (χ1n) is 6.77. The van der Waals surface area contributed by atoms with Crippen LogP contribution in [-0.2, 0) is 10.0 Å². The van der Waals surface area contributed by atoms with Crippen molar-refractivity contribution in [2.24, 2.45) is 0 Å². The fourth-order valence-electron chi connectivity index (χ4n) is 1.67. The lowest BCUT2D eigenvalue weighted by Gasteiger charge is -2.10. The van der Waals surface area contributed by atoms with Crippen LogP contribution in [0.1, 0.15) is 26.1 Å². The number of sulfonamides is 1. The number of rotatable bonds is 9. The first kappa shape index (κ1) is 16.6. The van der Waals surface area contributed by atoms with Crippen molar-refractivity contribution in [2.45, 2.75) is 27.2 Å². The Morgan fingerprint density at radius 1 is 1.10 bits per heavy atom. The number of anilines is 2. The second-order valence-electron chi connectivity index (χ2n) is 4.36. The zero-order chi connectivity index (χ0) is 15.0. The average Bonchev–Trinajstić information content (AvgIpc) is 2.34. The Hall–Kier alpha value is -1.41. The molecule has 0 spiro atoms. The van der Waals surface area contributed by atoms with Crippen LogP contribution in [0.15, 0.2) is 6.07 Å². The van der Waals surface area contributed by atoms with Crippen molar-refractivity contribution in [3.8, 4) is 0 Å². The minimum absolute atomic E-state index is 0.157. The molecule has 0 amide bonds. The quantitative estimate of drug-likeness (QED) is 0.588. The smallest absolute Gasteiger partial charge is 0.211 e. The van der Waals surface area contributed by atoms with Crippen LogP contribution < -0.4 is 15.4 Å². The van der Waals surface area contributed by atoms with Gasteiger partial charge in [0.05, 0.1) is 5.75 Å². The summed E-state index contributed by atoms with van der Waals surface area (Å²) >= 11 is 0. The maximum Gasteiger partial charge on any atom is 0.211 e. The van der Waals surface area contributed by atoms with Crippen LogP contribution in [0.5, 0.6) is 0 Å². The molecule has 1 heterocycles. The van der Waals surface area contributed by atoms with E-state index in [9.17, 15) is 8.42 Å².